The first kappa shape index (κ1) is 11.1. The number of hydrogen-bond donors (Lipinski definition) is 0. The zero-order chi connectivity index (χ0) is 11.4. The van der Waals surface area contributed by atoms with Crippen LogP contribution in [0.4, 0.5) is 0 Å². The SMILES string of the molecule is Cc1ccccc1C(=O)CCc1cccs1. The van der Waals surface area contributed by atoms with Crippen molar-refractivity contribution in [1.29, 1.82) is 0 Å². The second kappa shape index (κ2) is 5.08. The molecule has 0 bridgehead atoms. The molecule has 0 aliphatic heterocycles. The number of rotatable bonds is 4. The second-order valence-corrected chi connectivity index (χ2v) is 4.85. The molecule has 0 saturated heterocycles. The van der Waals surface area contributed by atoms with Crippen molar-refractivity contribution in [2.24, 2.45) is 0 Å². The summed E-state index contributed by atoms with van der Waals surface area (Å²) in [4.78, 5) is 13.2. The normalized spacial score (nSPS) is 10.3. The number of Topliss-reactive ketones (excluding diaryl/α,β-unsaturated/α-hetero) is 1. The fourth-order valence-corrected chi connectivity index (χ4v) is 2.42. The Labute approximate surface area is 99.8 Å². The summed E-state index contributed by atoms with van der Waals surface area (Å²) in [6.07, 6.45) is 1.45. The van der Waals surface area contributed by atoms with Crippen molar-refractivity contribution in [3.8, 4) is 0 Å². The Kier molecular flexibility index (Phi) is 3.52. The fourth-order valence-electron chi connectivity index (χ4n) is 1.71. The summed E-state index contributed by atoms with van der Waals surface area (Å²) < 4.78 is 0. The lowest BCUT2D eigenvalue weighted by atomic mass is 10.0. The van der Waals surface area contributed by atoms with Crippen molar-refractivity contribution in [1.82, 2.24) is 0 Å². The van der Waals surface area contributed by atoms with Crippen LogP contribution in [-0.4, -0.2) is 5.78 Å². The molecule has 1 aromatic heterocycles. The summed E-state index contributed by atoms with van der Waals surface area (Å²) in [7, 11) is 0. The van der Waals surface area contributed by atoms with Crippen molar-refractivity contribution in [3.05, 3.63) is 57.8 Å². The zero-order valence-electron chi connectivity index (χ0n) is 9.27. The van der Waals surface area contributed by atoms with Gasteiger partial charge < -0.3 is 0 Å². The van der Waals surface area contributed by atoms with Gasteiger partial charge in [0.2, 0.25) is 0 Å². The summed E-state index contributed by atoms with van der Waals surface area (Å²) in [5.41, 5.74) is 1.93. The molecule has 1 heterocycles. The molecular formula is C14H14OS. The van der Waals surface area contributed by atoms with Gasteiger partial charge in [-0.05, 0) is 30.4 Å². The predicted molar refractivity (Wildman–Crippen MR) is 68.1 cm³/mol. The van der Waals surface area contributed by atoms with Crippen LogP contribution in [0, 0.1) is 6.92 Å². The van der Waals surface area contributed by atoms with Gasteiger partial charge in [-0.25, -0.2) is 0 Å². The predicted octanol–water partition coefficient (Wildman–Crippen LogP) is 3.87. The number of ketones is 1. The lowest BCUT2D eigenvalue weighted by Gasteiger charge is -2.03. The standard InChI is InChI=1S/C14H14OS/c1-11-5-2-3-7-13(11)14(15)9-8-12-6-4-10-16-12/h2-7,10H,8-9H2,1H3. The Morgan fingerprint density at radius 1 is 1.19 bits per heavy atom. The van der Waals surface area contributed by atoms with Crippen LogP contribution in [0.1, 0.15) is 27.2 Å². The van der Waals surface area contributed by atoms with E-state index < -0.39 is 0 Å². The Hall–Kier alpha value is -1.41. The first-order chi connectivity index (χ1) is 7.77. The van der Waals surface area contributed by atoms with E-state index in [1.807, 2.05) is 42.6 Å². The van der Waals surface area contributed by atoms with E-state index in [2.05, 4.69) is 6.07 Å². The van der Waals surface area contributed by atoms with Gasteiger partial charge in [-0.3, -0.25) is 4.79 Å². The Bertz CT molecular complexity index is 471. The van der Waals surface area contributed by atoms with Crippen molar-refractivity contribution < 1.29 is 4.79 Å². The highest BCUT2D eigenvalue weighted by molar-refractivity contribution is 7.09. The highest BCUT2D eigenvalue weighted by atomic mass is 32.1. The van der Waals surface area contributed by atoms with Crippen LogP contribution in [-0.2, 0) is 6.42 Å². The summed E-state index contributed by atoms with van der Waals surface area (Å²) in [5.74, 6) is 0.242. The lowest BCUT2D eigenvalue weighted by molar-refractivity contribution is 0.0982. The summed E-state index contributed by atoms with van der Waals surface area (Å²) in [6, 6.07) is 11.9. The molecule has 1 nitrogen and oxygen atoms in total. The van der Waals surface area contributed by atoms with Crippen molar-refractivity contribution in [2.45, 2.75) is 19.8 Å². The summed E-state index contributed by atoms with van der Waals surface area (Å²) >= 11 is 1.71. The van der Waals surface area contributed by atoms with Crippen molar-refractivity contribution in [3.63, 3.8) is 0 Å². The van der Waals surface area contributed by atoms with E-state index >= 15 is 0 Å². The summed E-state index contributed by atoms with van der Waals surface area (Å²) in [5, 5.41) is 2.05. The van der Waals surface area contributed by atoms with Crippen LogP contribution in [0.5, 0.6) is 0 Å². The molecule has 0 amide bonds. The fraction of sp³-hybridized carbons (Fsp3) is 0.214. The van der Waals surface area contributed by atoms with Crippen LogP contribution in [0.3, 0.4) is 0 Å². The highest BCUT2D eigenvalue weighted by Gasteiger charge is 2.08. The molecule has 16 heavy (non-hydrogen) atoms. The number of carbonyl (C=O) groups excluding carboxylic acids is 1. The number of aryl methyl sites for hydroxylation is 2. The van der Waals surface area contributed by atoms with E-state index in [0.717, 1.165) is 17.5 Å². The quantitative estimate of drug-likeness (QED) is 0.729. The molecule has 0 fully saturated rings. The van der Waals surface area contributed by atoms with Gasteiger partial charge in [0.15, 0.2) is 5.78 Å². The van der Waals surface area contributed by atoms with Crippen molar-refractivity contribution in [2.75, 3.05) is 0 Å². The maximum Gasteiger partial charge on any atom is 0.163 e. The first-order valence-electron chi connectivity index (χ1n) is 5.38. The smallest absolute Gasteiger partial charge is 0.163 e. The lowest BCUT2D eigenvalue weighted by Crippen LogP contribution is -2.02. The molecule has 2 aromatic rings. The van der Waals surface area contributed by atoms with E-state index in [4.69, 9.17) is 0 Å². The molecule has 0 atom stereocenters. The minimum atomic E-state index is 0.242. The van der Waals surface area contributed by atoms with Crippen molar-refractivity contribution >= 4 is 17.1 Å². The zero-order valence-corrected chi connectivity index (χ0v) is 10.1. The third kappa shape index (κ3) is 2.58. The number of thiophene rings is 1. The molecular weight excluding hydrogens is 216 g/mol. The molecule has 82 valence electrons. The van der Waals surface area contributed by atoms with Gasteiger partial charge in [-0.2, -0.15) is 0 Å². The molecule has 0 aliphatic rings. The molecule has 0 aliphatic carbocycles. The van der Waals surface area contributed by atoms with E-state index in [1.165, 1.54) is 4.88 Å². The first-order valence-corrected chi connectivity index (χ1v) is 6.26. The van der Waals surface area contributed by atoms with Gasteiger partial charge in [0.1, 0.15) is 0 Å². The van der Waals surface area contributed by atoms with Gasteiger partial charge in [0.25, 0.3) is 0 Å². The largest absolute Gasteiger partial charge is 0.294 e. The Morgan fingerprint density at radius 2 is 2.00 bits per heavy atom. The van der Waals surface area contributed by atoms with Crippen LogP contribution < -0.4 is 0 Å². The van der Waals surface area contributed by atoms with E-state index in [9.17, 15) is 4.79 Å². The third-order valence-corrected chi connectivity index (χ3v) is 3.56. The van der Waals surface area contributed by atoms with Gasteiger partial charge in [0.05, 0.1) is 0 Å². The monoisotopic (exact) mass is 230 g/mol. The second-order valence-electron chi connectivity index (χ2n) is 3.82. The molecule has 0 saturated carbocycles. The van der Waals surface area contributed by atoms with Gasteiger partial charge in [-0.1, -0.05) is 30.3 Å². The van der Waals surface area contributed by atoms with E-state index in [1.54, 1.807) is 11.3 Å². The molecule has 0 spiro atoms. The van der Waals surface area contributed by atoms with Gasteiger partial charge in [0, 0.05) is 16.9 Å². The van der Waals surface area contributed by atoms with Gasteiger partial charge in [-0.15, -0.1) is 11.3 Å². The highest BCUT2D eigenvalue weighted by Crippen LogP contribution is 2.15. The minimum Gasteiger partial charge on any atom is -0.294 e. The Balaban J connectivity index is 2.01. The van der Waals surface area contributed by atoms with E-state index in [0.29, 0.717) is 6.42 Å². The Morgan fingerprint density at radius 3 is 2.69 bits per heavy atom. The van der Waals surface area contributed by atoms with Crippen LogP contribution in [0.25, 0.3) is 0 Å². The maximum absolute atomic E-state index is 12.0. The molecule has 2 heteroatoms. The molecule has 0 radical (unpaired) electrons. The van der Waals surface area contributed by atoms with Crippen LogP contribution in [0.15, 0.2) is 41.8 Å². The van der Waals surface area contributed by atoms with Gasteiger partial charge >= 0.3 is 0 Å². The van der Waals surface area contributed by atoms with Crippen LogP contribution >= 0.6 is 11.3 Å². The maximum atomic E-state index is 12.0. The molecule has 0 unspecified atom stereocenters. The number of benzene rings is 1. The molecule has 0 N–H and O–H groups in total. The third-order valence-electron chi connectivity index (χ3n) is 2.62. The van der Waals surface area contributed by atoms with E-state index in [-0.39, 0.29) is 5.78 Å². The molecule has 1 aromatic carbocycles. The average molecular weight is 230 g/mol. The molecule has 2 rings (SSSR count). The average Bonchev–Trinajstić information content (AvgIpc) is 2.79. The summed E-state index contributed by atoms with van der Waals surface area (Å²) in [6.45, 7) is 1.98. The minimum absolute atomic E-state index is 0.242. The number of hydrogen-bond acceptors (Lipinski definition) is 2. The van der Waals surface area contributed by atoms with Crippen LogP contribution in [0.2, 0.25) is 0 Å². The number of carbonyl (C=O) groups is 1. The topological polar surface area (TPSA) is 17.1 Å².